The van der Waals surface area contributed by atoms with Gasteiger partial charge in [-0.15, -0.1) is 10.2 Å². The second kappa shape index (κ2) is 7.37. The number of nitrogens with zero attached hydrogens (tertiary/aromatic N) is 4. The van der Waals surface area contributed by atoms with E-state index in [1.807, 2.05) is 48.9 Å². The molecule has 1 unspecified atom stereocenters. The Kier molecular flexibility index (Phi) is 5.19. The van der Waals surface area contributed by atoms with Crippen LogP contribution in [0.25, 0.3) is 16.3 Å². The van der Waals surface area contributed by atoms with Crippen molar-refractivity contribution in [1.82, 2.24) is 20.0 Å². The molecule has 3 rings (SSSR count). The number of para-hydroxylation sites is 1. The van der Waals surface area contributed by atoms with E-state index in [9.17, 15) is 4.79 Å². The first-order chi connectivity index (χ1) is 12.0. The summed E-state index contributed by atoms with van der Waals surface area (Å²) in [6.45, 7) is 5.78. The standard InChI is InChI=1S/C17H18N4O2S2/c1-10-14(11(2)21(20-10)13-8-6-5-7-9-13)15-18-19-17(25-15)24-12(3)16(22)23-4/h5-9,12H,1-4H3. The van der Waals surface area contributed by atoms with Crippen LogP contribution in [-0.2, 0) is 9.53 Å². The molecule has 0 N–H and O–H groups in total. The number of thioether (sulfide) groups is 1. The fourth-order valence-electron chi connectivity index (χ4n) is 2.50. The summed E-state index contributed by atoms with van der Waals surface area (Å²) >= 11 is 2.81. The van der Waals surface area contributed by atoms with Gasteiger partial charge in [0.2, 0.25) is 0 Å². The molecule has 1 aromatic carbocycles. The van der Waals surface area contributed by atoms with Crippen molar-refractivity contribution in [3.05, 3.63) is 41.7 Å². The predicted molar refractivity (Wildman–Crippen MR) is 99.3 cm³/mol. The van der Waals surface area contributed by atoms with E-state index >= 15 is 0 Å². The first-order valence-corrected chi connectivity index (χ1v) is 9.41. The quantitative estimate of drug-likeness (QED) is 0.501. The van der Waals surface area contributed by atoms with Crippen molar-refractivity contribution in [1.29, 1.82) is 0 Å². The molecule has 0 amide bonds. The smallest absolute Gasteiger partial charge is 0.318 e. The molecule has 0 aliphatic carbocycles. The predicted octanol–water partition coefficient (Wildman–Crippen LogP) is 3.66. The van der Waals surface area contributed by atoms with Crippen LogP contribution in [0.3, 0.4) is 0 Å². The summed E-state index contributed by atoms with van der Waals surface area (Å²) < 4.78 is 7.40. The van der Waals surface area contributed by atoms with Crippen LogP contribution in [0.5, 0.6) is 0 Å². The summed E-state index contributed by atoms with van der Waals surface area (Å²) in [5, 5.41) is 13.6. The summed E-state index contributed by atoms with van der Waals surface area (Å²) in [6.07, 6.45) is 0. The molecule has 0 saturated carbocycles. The fourth-order valence-corrected chi connectivity index (χ4v) is 4.67. The number of aryl methyl sites for hydroxylation is 1. The average molecular weight is 374 g/mol. The lowest BCUT2D eigenvalue weighted by Gasteiger charge is -2.04. The Bertz CT molecular complexity index is 889. The maximum Gasteiger partial charge on any atom is 0.318 e. The highest BCUT2D eigenvalue weighted by Crippen LogP contribution is 2.35. The van der Waals surface area contributed by atoms with Gasteiger partial charge in [0.05, 0.1) is 29.7 Å². The van der Waals surface area contributed by atoms with Gasteiger partial charge in [-0.2, -0.15) is 5.10 Å². The van der Waals surface area contributed by atoms with E-state index in [0.29, 0.717) is 0 Å². The van der Waals surface area contributed by atoms with Crippen molar-refractivity contribution < 1.29 is 9.53 Å². The summed E-state index contributed by atoms with van der Waals surface area (Å²) in [5.41, 5.74) is 3.90. The van der Waals surface area contributed by atoms with Gasteiger partial charge in [-0.1, -0.05) is 41.3 Å². The van der Waals surface area contributed by atoms with Crippen LogP contribution in [-0.4, -0.2) is 38.3 Å². The molecule has 0 bridgehead atoms. The molecule has 2 aromatic heterocycles. The Morgan fingerprint density at radius 3 is 2.64 bits per heavy atom. The van der Waals surface area contributed by atoms with E-state index in [0.717, 1.165) is 32.0 Å². The highest BCUT2D eigenvalue weighted by atomic mass is 32.2. The van der Waals surface area contributed by atoms with Crippen molar-refractivity contribution in [3.8, 4) is 16.3 Å². The molecule has 0 aliphatic rings. The second-order valence-electron chi connectivity index (χ2n) is 5.45. The molecule has 8 heteroatoms. The molecule has 0 spiro atoms. The first-order valence-electron chi connectivity index (χ1n) is 7.71. The lowest BCUT2D eigenvalue weighted by Crippen LogP contribution is -2.14. The maximum absolute atomic E-state index is 11.6. The molecule has 6 nitrogen and oxygen atoms in total. The zero-order valence-corrected chi connectivity index (χ0v) is 16.0. The third-order valence-electron chi connectivity index (χ3n) is 3.72. The monoisotopic (exact) mass is 374 g/mol. The number of hydrogen-bond donors (Lipinski definition) is 0. The van der Waals surface area contributed by atoms with Crippen LogP contribution in [0, 0.1) is 13.8 Å². The number of hydrogen-bond acceptors (Lipinski definition) is 7. The van der Waals surface area contributed by atoms with Crippen molar-refractivity contribution in [3.63, 3.8) is 0 Å². The number of aromatic nitrogens is 4. The lowest BCUT2D eigenvalue weighted by molar-refractivity contribution is -0.139. The highest BCUT2D eigenvalue weighted by molar-refractivity contribution is 8.02. The van der Waals surface area contributed by atoms with Crippen molar-refractivity contribution >= 4 is 29.1 Å². The SMILES string of the molecule is COC(=O)C(C)Sc1nnc(-c2c(C)nn(-c3ccccc3)c2C)s1. The van der Waals surface area contributed by atoms with Crippen molar-refractivity contribution in [2.45, 2.75) is 30.4 Å². The van der Waals surface area contributed by atoms with Gasteiger partial charge in [0.1, 0.15) is 5.25 Å². The Morgan fingerprint density at radius 2 is 1.96 bits per heavy atom. The molecular weight excluding hydrogens is 356 g/mol. The molecule has 130 valence electrons. The fraction of sp³-hybridized carbons (Fsp3) is 0.294. The van der Waals surface area contributed by atoms with Gasteiger partial charge in [0.25, 0.3) is 0 Å². The normalized spacial score (nSPS) is 12.2. The molecule has 0 fully saturated rings. The third-order valence-corrected chi connectivity index (χ3v) is 5.83. The summed E-state index contributed by atoms with van der Waals surface area (Å²) in [5.74, 6) is -0.272. The first kappa shape index (κ1) is 17.6. The third kappa shape index (κ3) is 3.59. The van der Waals surface area contributed by atoms with Gasteiger partial charge in [-0.3, -0.25) is 4.79 Å². The van der Waals surface area contributed by atoms with Gasteiger partial charge >= 0.3 is 5.97 Å². The number of benzene rings is 1. The van der Waals surface area contributed by atoms with E-state index in [2.05, 4.69) is 15.3 Å². The molecule has 25 heavy (non-hydrogen) atoms. The van der Waals surface area contributed by atoms with Gasteiger partial charge in [0, 0.05) is 0 Å². The number of esters is 1. The Hall–Kier alpha value is -2.19. The number of methoxy groups -OCH3 is 1. The zero-order valence-electron chi connectivity index (χ0n) is 14.4. The Labute approximate surface area is 154 Å². The maximum atomic E-state index is 11.6. The Morgan fingerprint density at radius 1 is 1.24 bits per heavy atom. The molecule has 0 aliphatic heterocycles. The van der Waals surface area contributed by atoms with Crippen LogP contribution in [0.15, 0.2) is 34.7 Å². The van der Waals surface area contributed by atoms with Gasteiger partial charge in [0.15, 0.2) is 9.35 Å². The van der Waals surface area contributed by atoms with E-state index in [1.165, 1.54) is 30.2 Å². The zero-order chi connectivity index (χ0) is 18.0. The molecule has 1 atom stereocenters. The highest BCUT2D eigenvalue weighted by Gasteiger charge is 2.21. The number of carbonyl (C=O) groups excluding carboxylic acids is 1. The molecule has 0 radical (unpaired) electrons. The van der Waals surface area contributed by atoms with E-state index in [-0.39, 0.29) is 11.2 Å². The topological polar surface area (TPSA) is 69.9 Å². The minimum absolute atomic E-state index is 0.272. The van der Waals surface area contributed by atoms with E-state index in [1.54, 1.807) is 6.92 Å². The summed E-state index contributed by atoms with van der Waals surface area (Å²) in [4.78, 5) is 11.6. The lowest BCUT2D eigenvalue weighted by atomic mass is 10.2. The van der Waals surface area contributed by atoms with Crippen LogP contribution >= 0.6 is 23.1 Å². The molecule has 2 heterocycles. The van der Waals surface area contributed by atoms with Crippen LogP contribution in [0.1, 0.15) is 18.3 Å². The number of carbonyl (C=O) groups is 1. The van der Waals surface area contributed by atoms with Gasteiger partial charge in [-0.05, 0) is 32.9 Å². The molecule has 3 aromatic rings. The van der Waals surface area contributed by atoms with Crippen LogP contribution in [0.4, 0.5) is 0 Å². The van der Waals surface area contributed by atoms with Crippen LogP contribution < -0.4 is 0 Å². The van der Waals surface area contributed by atoms with E-state index < -0.39 is 0 Å². The number of ether oxygens (including phenoxy) is 1. The Balaban J connectivity index is 1.91. The number of rotatable bonds is 5. The molecular formula is C17H18N4O2S2. The second-order valence-corrected chi connectivity index (χ2v) is 8.01. The van der Waals surface area contributed by atoms with Gasteiger partial charge in [-0.25, -0.2) is 4.68 Å². The van der Waals surface area contributed by atoms with Crippen LogP contribution in [0.2, 0.25) is 0 Å². The van der Waals surface area contributed by atoms with Crippen molar-refractivity contribution in [2.75, 3.05) is 7.11 Å². The molecule has 0 saturated heterocycles. The minimum atomic E-state index is -0.319. The average Bonchev–Trinajstić information content (AvgIpc) is 3.18. The van der Waals surface area contributed by atoms with Gasteiger partial charge < -0.3 is 4.74 Å². The largest absolute Gasteiger partial charge is 0.468 e. The van der Waals surface area contributed by atoms with E-state index in [4.69, 9.17) is 4.74 Å². The minimum Gasteiger partial charge on any atom is -0.468 e. The van der Waals surface area contributed by atoms with Crippen molar-refractivity contribution in [2.24, 2.45) is 0 Å². The summed E-state index contributed by atoms with van der Waals surface area (Å²) in [6, 6.07) is 9.98. The summed E-state index contributed by atoms with van der Waals surface area (Å²) in [7, 11) is 1.38.